The fourth-order valence-electron chi connectivity index (χ4n) is 5.23. The van der Waals surface area contributed by atoms with Gasteiger partial charge in [0.2, 0.25) is 11.8 Å². The first-order chi connectivity index (χ1) is 20.6. The van der Waals surface area contributed by atoms with Gasteiger partial charge in [-0.15, -0.1) is 0 Å². The Kier molecular flexibility index (Phi) is 11.1. The number of para-hydroxylation sites is 2. The van der Waals surface area contributed by atoms with E-state index in [1.165, 1.54) is 17.0 Å². The van der Waals surface area contributed by atoms with Crippen molar-refractivity contribution in [2.75, 3.05) is 17.5 Å². The predicted molar refractivity (Wildman–Crippen MR) is 170 cm³/mol. The van der Waals surface area contributed by atoms with Gasteiger partial charge in [-0.25, -0.2) is 8.42 Å². The van der Waals surface area contributed by atoms with Gasteiger partial charge in [-0.3, -0.25) is 13.9 Å². The van der Waals surface area contributed by atoms with Gasteiger partial charge in [-0.2, -0.15) is 0 Å². The van der Waals surface area contributed by atoms with Gasteiger partial charge in [0.25, 0.3) is 10.0 Å². The molecule has 0 heterocycles. The van der Waals surface area contributed by atoms with E-state index >= 15 is 0 Å². The normalized spacial score (nSPS) is 14.5. The van der Waals surface area contributed by atoms with E-state index in [0.717, 1.165) is 47.5 Å². The molecular weight excluding hydrogens is 586 g/mol. The quantitative estimate of drug-likeness (QED) is 0.262. The largest absolute Gasteiger partial charge is 0.492 e. The molecule has 4 rings (SSSR count). The summed E-state index contributed by atoms with van der Waals surface area (Å²) in [6.07, 6.45) is 5.06. The lowest BCUT2D eigenvalue weighted by molar-refractivity contribution is -0.139. The molecule has 2 amide bonds. The minimum absolute atomic E-state index is 0.0459. The lowest BCUT2D eigenvalue weighted by atomic mass is 9.95. The number of ether oxygens (including phenoxy) is 1. The molecule has 0 aromatic heterocycles. The van der Waals surface area contributed by atoms with Gasteiger partial charge in [0.1, 0.15) is 18.3 Å². The van der Waals surface area contributed by atoms with Crippen molar-refractivity contribution in [3.05, 3.63) is 88.9 Å². The Morgan fingerprint density at radius 2 is 1.63 bits per heavy atom. The third-order valence-corrected chi connectivity index (χ3v) is 9.73. The Balaban J connectivity index is 1.71. The fourth-order valence-corrected chi connectivity index (χ4v) is 6.78. The van der Waals surface area contributed by atoms with Crippen LogP contribution in [-0.2, 0) is 26.2 Å². The van der Waals surface area contributed by atoms with Crippen molar-refractivity contribution in [1.29, 1.82) is 0 Å². The SMILES string of the molecule is CCOc1ccccc1N(CC(=O)N(Cc1ccc(Cl)cc1)C(C)C(=O)NC1CCCCC1)S(=O)(=O)c1ccc(C)cc1. The number of carbonyl (C=O) groups is 2. The minimum Gasteiger partial charge on any atom is -0.492 e. The average molecular weight is 626 g/mol. The highest BCUT2D eigenvalue weighted by molar-refractivity contribution is 7.92. The first-order valence-electron chi connectivity index (χ1n) is 14.8. The second-order valence-electron chi connectivity index (χ2n) is 10.9. The molecule has 0 radical (unpaired) electrons. The van der Waals surface area contributed by atoms with Gasteiger partial charge >= 0.3 is 0 Å². The molecule has 8 nitrogen and oxygen atoms in total. The van der Waals surface area contributed by atoms with Crippen LogP contribution in [-0.4, -0.2) is 50.4 Å². The number of hydrogen-bond donors (Lipinski definition) is 1. The van der Waals surface area contributed by atoms with Crippen LogP contribution in [0, 0.1) is 6.92 Å². The number of nitrogens with one attached hydrogen (secondary N) is 1. The number of amides is 2. The van der Waals surface area contributed by atoms with Crippen LogP contribution in [0.1, 0.15) is 57.1 Å². The van der Waals surface area contributed by atoms with E-state index in [1.54, 1.807) is 74.5 Å². The Bertz CT molecular complexity index is 1490. The first-order valence-corrected chi connectivity index (χ1v) is 16.6. The third kappa shape index (κ3) is 8.30. The number of nitrogens with zero attached hydrogens (tertiary/aromatic N) is 2. The van der Waals surface area contributed by atoms with Crippen molar-refractivity contribution in [1.82, 2.24) is 10.2 Å². The highest BCUT2D eigenvalue weighted by atomic mass is 35.5. The Hall–Kier alpha value is -3.56. The summed E-state index contributed by atoms with van der Waals surface area (Å²) in [5.74, 6) is -0.457. The van der Waals surface area contributed by atoms with Crippen LogP contribution in [0.4, 0.5) is 5.69 Å². The predicted octanol–water partition coefficient (Wildman–Crippen LogP) is 6.11. The molecule has 1 N–H and O–H groups in total. The summed E-state index contributed by atoms with van der Waals surface area (Å²) in [5.41, 5.74) is 1.91. The summed E-state index contributed by atoms with van der Waals surface area (Å²) in [6, 6.07) is 19.5. The molecule has 10 heteroatoms. The Morgan fingerprint density at radius 3 is 2.28 bits per heavy atom. The number of anilines is 1. The van der Waals surface area contributed by atoms with E-state index in [9.17, 15) is 18.0 Å². The van der Waals surface area contributed by atoms with E-state index in [1.807, 2.05) is 6.92 Å². The van der Waals surface area contributed by atoms with Gasteiger partial charge in [0.05, 0.1) is 17.2 Å². The maximum absolute atomic E-state index is 14.2. The number of hydrogen-bond acceptors (Lipinski definition) is 5. The lowest BCUT2D eigenvalue weighted by Crippen LogP contribution is -2.53. The van der Waals surface area contributed by atoms with Crippen LogP contribution in [0.2, 0.25) is 5.02 Å². The van der Waals surface area contributed by atoms with Gasteiger partial charge in [-0.1, -0.05) is 72.8 Å². The average Bonchev–Trinajstić information content (AvgIpc) is 3.00. The first kappa shape index (κ1) is 32.4. The van der Waals surface area contributed by atoms with Crippen LogP contribution in [0.3, 0.4) is 0 Å². The Labute approximate surface area is 260 Å². The molecule has 1 aliphatic rings. The van der Waals surface area contributed by atoms with Gasteiger partial charge in [0, 0.05) is 17.6 Å². The van der Waals surface area contributed by atoms with Crippen molar-refractivity contribution < 1.29 is 22.7 Å². The maximum Gasteiger partial charge on any atom is 0.264 e. The minimum atomic E-state index is -4.20. The van der Waals surface area contributed by atoms with Crippen molar-refractivity contribution in [2.24, 2.45) is 0 Å². The number of sulfonamides is 1. The monoisotopic (exact) mass is 625 g/mol. The van der Waals surface area contributed by atoms with Crippen LogP contribution in [0.5, 0.6) is 5.75 Å². The third-order valence-electron chi connectivity index (χ3n) is 7.71. The molecule has 0 spiro atoms. The molecule has 0 aliphatic heterocycles. The molecule has 1 atom stereocenters. The van der Waals surface area contributed by atoms with Crippen LogP contribution in [0.25, 0.3) is 0 Å². The summed E-state index contributed by atoms with van der Waals surface area (Å²) in [7, 11) is -4.20. The molecule has 230 valence electrons. The molecule has 1 saturated carbocycles. The summed E-state index contributed by atoms with van der Waals surface area (Å²) >= 11 is 6.10. The lowest BCUT2D eigenvalue weighted by Gasteiger charge is -2.33. The number of benzene rings is 3. The zero-order valence-corrected chi connectivity index (χ0v) is 26.5. The Morgan fingerprint density at radius 1 is 0.977 bits per heavy atom. The molecular formula is C33H40ClN3O5S. The summed E-state index contributed by atoms with van der Waals surface area (Å²) in [6.45, 7) is 5.23. The van der Waals surface area contributed by atoms with E-state index in [-0.39, 0.29) is 29.1 Å². The molecule has 1 aliphatic carbocycles. The second kappa shape index (κ2) is 14.8. The summed E-state index contributed by atoms with van der Waals surface area (Å²) in [5, 5.41) is 3.66. The number of carbonyl (C=O) groups excluding carboxylic acids is 2. The summed E-state index contributed by atoms with van der Waals surface area (Å²) in [4.78, 5) is 29.2. The maximum atomic E-state index is 14.2. The van der Waals surface area contributed by atoms with Crippen LogP contribution >= 0.6 is 11.6 Å². The molecule has 1 fully saturated rings. The molecule has 43 heavy (non-hydrogen) atoms. The van der Waals surface area contributed by atoms with E-state index in [4.69, 9.17) is 16.3 Å². The number of halogens is 1. The highest BCUT2D eigenvalue weighted by Gasteiger charge is 2.34. The highest BCUT2D eigenvalue weighted by Crippen LogP contribution is 2.33. The second-order valence-corrected chi connectivity index (χ2v) is 13.2. The van der Waals surface area contributed by atoms with Crippen LogP contribution in [0.15, 0.2) is 77.7 Å². The summed E-state index contributed by atoms with van der Waals surface area (Å²) < 4.78 is 35.1. The van der Waals surface area contributed by atoms with Crippen molar-refractivity contribution >= 4 is 39.1 Å². The molecule has 3 aromatic rings. The topological polar surface area (TPSA) is 96.0 Å². The zero-order valence-electron chi connectivity index (χ0n) is 25.0. The number of rotatable bonds is 12. The van der Waals surface area contributed by atoms with Crippen molar-refractivity contribution in [3.8, 4) is 5.75 Å². The smallest absolute Gasteiger partial charge is 0.264 e. The van der Waals surface area contributed by atoms with E-state index < -0.39 is 28.5 Å². The van der Waals surface area contributed by atoms with E-state index in [0.29, 0.717) is 17.4 Å². The van der Waals surface area contributed by atoms with Gasteiger partial charge in [-0.05, 0) is 75.6 Å². The molecule has 0 saturated heterocycles. The van der Waals surface area contributed by atoms with Crippen LogP contribution < -0.4 is 14.4 Å². The van der Waals surface area contributed by atoms with Crippen molar-refractivity contribution in [2.45, 2.75) is 76.4 Å². The van der Waals surface area contributed by atoms with E-state index in [2.05, 4.69) is 5.32 Å². The molecule has 1 unspecified atom stereocenters. The fraction of sp³-hybridized carbons (Fsp3) is 0.394. The van der Waals surface area contributed by atoms with Gasteiger partial charge < -0.3 is 15.0 Å². The molecule has 0 bridgehead atoms. The zero-order chi connectivity index (χ0) is 31.0. The van der Waals surface area contributed by atoms with Gasteiger partial charge in [0.15, 0.2) is 0 Å². The standard InChI is InChI=1S/C33H40ClN3O5S/c1-4-42-31-13-9-8-12-30(31)37(43(40,41)29-20-14-24(2)15-21-29)23-32(38)36(22-26-16-18-27(34)19-17-26)25(3)33(39)35-28-10-6-5-7-11-28/h8-9,12-21,25,28H,4-7,10-11,22-23H2,1-3H3,(H,35,39). The number of aryl methyl sites for hydroxylation is 1. The van der Waals surface area contributed by atoms with Crippen molar-refractivity contribution in [3.63, 3.8) is 0 Å². The molecule has 3 aromatic carbocycles.